The molecule has 0 bridgehead atoms. The van der Waals surface area contributed by atoms with Crippen molar-refractivity contribution in [3.63, 3.8) is 0 Å². The molecule has 3 rings (SSSR count). The fourth-order valence-electron chi connectivity index (χ4n) is 2.67. The first-order valence-corrected chi connectivity index (χ1v) is 9.77. The van der Waals surface area contributed by atoms with Crippen LogP contribution in [0, 0.1) is 0 Å². The Kier molecular flexibility index (Phi) is 5.61. The van der Waals surface area contributed by atoms with E-state index in [9.17, 15) is 21.6 Å². The molecule has 1 heterocycles. The number of nitrogens with one attached hydrogen (secondary N) is 1. The highest BCUT2D eigenvalue weighted by molar-refractivity contribution is 7.92. The van der Waals surface area contributed by atoms with Crippen LogP contribution in [0.3, 0.4) is 0 Å². The second-order valence-electron chi connectivity index (χ2n) is 6.10. The highest BCUT2D eigenvalue weighted by Gasteiger charge is 2.31. The van der Waals surface area contributed by atoms with E-state index in [4.69, 9.17) is 9.47 Å². The van der Waals surface area contributed by atoms with Gasteiger partial charge in [0.15, 0.2) is 0 Å². The minimum Gasteiger partial charge on any atom is -0.491 e. The molecular formula is C18H18F3NO4S. The Balaban J connectivity index is 1.73. The molecule has 9 heteroatoms. The van der Waals surface area contributed by atoms with Crippen molar-refractivity contribution in [3.05, 3.63) is 54.1 Å². The number of sulfonamides is 1. The van der Waals surface area contributed by atoms with Crippen LogP contribution in [-0.4, -0.2) is 27.7 Å². The zero-order valence-electron chi connectivity index (χ0n) is 14.2. The lowest BCUT2D eigenvalue weighted by molar-refractivity contribution is -0.137. The number of benzene rings is 2. The number of halogens is 3. The maximum Gasteiger partial charge on any atom is 0.416 e. The monoisotopic (exact) mass is 401 g/mol. The Labute approximate surface area is 155 Å². The molecule has 0 spiro atoms. The van der Waals surface area contributed by atoms with Crippen LogP contribution in [0.2, 0.25) is 0 Å². The summed E-state index contributed by atoms with van der Waals surface area (Å²) in [6, 6.07) is 9.79. The molecule has 27 heavy (non-hydrogen) atoms. The van der Waals surface area contributed by atoms with Gasteiger partial charge in [0.25, 0.3) is 10.0 Å². The van der Waals surface area contributed by atoms with E-state index in [0.717, 1.165) is 31.0 Å². The van der Waals surface area contributed by atoms with Crippen molar-refractivity contribution >= 4 is 15.7 Å². The lowest BCUT2D eigenvalue weighted by Gasteiger charge is -2.14. The van der Waals surface area contributed by atoms with Gasteiger partial charge in [0, 0.05) is 12.7 Å². The predicted octanol–water partition coefficient (Wildman–Crippen LogP) is 4.06. The highest BCUT2D eigenvalue weighted by atomic mass is 32.2. The normalized spacial score (nSPS) is 17.7. The summed E-state index contributed by atoms with van der Waals surface area (Å²) < 4.78 is 76.6. The van der Waals surface area contributed by atoms with Gasteiger partial charge >= 0.3 is 6.18 Å². The van der Waals surface area contributed by atoms with Crippen molar-refractivity contribution in [2.24, 2.45) is 0 Å². The lowest BCUT2D eigenvalue weighted by atomic mass is 10.2. The van der Waals surface area contributed by atoms with Crippen molar-refractivity contribution in [1.82, 2.24) is 0 Å². The third-order valence-corrected chi connectivity index (χ3v) is 5.40. The van der Waals surface area contributed by atoms with Gasteiger partial charge in [-0.15, -0.1) is 0 Å². The first-order chi connectivity index (χ1) is 12.7. The minimum atomic E-state index is -4.62. The molecule has 1 N–H and O–H groups in total. The fraction of sp³-hybridized carbons (Fsp3) is 0.333. The molecule has 1 unspecified atom stereocenters. The Morgan fingerprint density at radius 2 is 1.93 bits per heavy atom. The van der Waals surface area contributed by atoms with Crippen LogP contribution in [0.1, 0.15) is 18.4 Å². The first kappa shape index (κ1) is 19.5. The molecule has 2 aromatic rings. The molecule has 146 valence electrons. The topological polar surface area (TPSA) is 64.6 Å². The van der Waals surface area contributed by atoms with E-state index >= 15 is 0 Å². The van der Waals surface area contributed by atoms with Gasteiger partial charge in [0.05, 0.1) is 22.3 Å². The maximum atomic E-state index is 12.8. The van der Waals surface area contributed by atoms with E-state index in [2.05, 4.69) is 4.72 Å². The summed E-state index contributed by atoms with van der Waals surface area (Å²) in [5, 5.41) is 0. The van der Waals surface area contributed by atoms with Crippen molar-refractivity contribution in [2.45, 2.75) is 30.0 Å². The molecule has 0 aliphatic carbocycles. The molecule has 1 fully saturated rings. The van der Waals surface area contributed by atoms with E-state index in [-0.39, 0.29) is 11.8 Å². The Bertz CT molecular complexity index is 893. The van der Waals surface area contributed by atoms with Crippen LogP contribution < -0.4 is 9.46 Å². The minimum absolute atomic E-state index is 0.00968. The molecular weight excluding hydrogens is 383 g/mol. The zero-order valence-corrected chi connectivity index (χ0v) is 15.0. The van der Waals surface area contributed by atoms with Gasteiger partial charge in [-0.05, 0) is 43.2 Å². The molecule has 1 atom stereocenters. The molecule has 0 aromatic heterocycles. The second-order valence-corrected chi connectivity index (χ2v) is 7.79. The van der Waals surface area contributed by atoms with E-state index in [1.54, 1.807) is 12.1 Å². The van der Waals surface area contributed by atoms with Crippen LogP contribution in [0.5, 0.6) is 5.75 Å². The molecule has 2 aromatic carbocycles. The summed E-state index contributed by atoms with van der Waals surface area (Å²) in [4.78, 5) is -0.469. The van der Waals surface area contributed by atoms with E-state index in [0.29, 0.717) is 25.0 Å². The summed E-state index contributed by atoms with van der Waals surface area (Å²) >= 11 is 0. The Morgan fingerprint density at radius 3 is 2.63 bits per heavy atom. The Hall–Kier alpha value is -2.26. The highest BCUT2D eigenvalue weighted by Crippen LogP contribution is 2.31. The zero-order chi connectivity index (χ0) is 19.5. The molecule has 1 saturated heterocycles. The third kappa shape index (κ3) is 5.14. The Morgan fingerprint density at radius 1 is 1.15 bits per heavy atom. The summed E-state index contributed by atoms with van der Waals surface area (Å²) in [7, 11) is -4.17. The number of rotatable bonds is 6. The van der Waals surface area contributed by atoms with E-state index in [1.807, 2.05) is 0 Å². The van der Waals surface area contributed by atoms with Gasteiger partial charge in [0.2, 0.25) is 0 Å². The lowest BCUT2D eigenvalue weighted by Crippen LogP contribution is -2.17. The molecule has 0 radical (unpaired) electrons. The summed E-state index contributed by atoms with van der Waals surface area (Å²) in [6.07, 6.45) is -2.73. The number of hydrogen-bond donors (Lipinski definition) is 1. The predicted molar refractivity (Wildman–Crippen MR) is 93.2 cm³/mol. The van der Waals surface area contributed by atoms with Crippen LogP contribution in [0.15, 0.2) is 53.4 Å². The SMILES string of the molecule is O=S(=O)(Nc1cccc(OCC2CCCO2)c1)c1cccc(C(F)(F)F)c1. The molecule has 0 saturated carbocycles. The number of ether oxygens (including phenoxy) is 2. The smallest absolute Gasteiger partial charge is 0.416 e. The standard InChI is InChI=1S/C18H18F3NO4S/c19-18(20,21)13-4-1-8-17(10-13)27(23,24)22-14-5-2-6-15(11-14)26-12-16-7-3-9-25-16/h1-2,4-6,8,10-11,16,22H,3,7,9,12H2. The second kappa shape index (κ2) is 7.77. The first-order valence-electron chi connectivity index (χ1n) is 8.28. The van der Waals surface area contributed by atoms with Gasteiger partial charge in [-0.3, -0.25) is 4.72 Å². The van der Waals surface area contributed by atoms with Gasteiger partial charge in [-0.1, -0.05) is 12.1 Å². The largest absolute Gasteiger partial charge is 0.491 e. The molecule has 5 nitrogen and oxygen atoms in total. The van der Waals surface area contributed by atoms with Crippen LogP contribution in [0.25, 0.3) is 0 Å². The average Bonchev–Trinajstić information content (AvgIpc) is 3.13. The summed E-state index contributed by atoms with van der Waals surface area (Å²) in [5.41, 5.74) is -0.837. The van der Waals surface area contributed by atoms with Crippen molar-refractivity contribution in [2.75, 3.05) is 17.9 Å². The third-order valence-electron chi connectivity index (χ3n) is 4.02. The van der Waals surface area contributed by atoms with Crippen LogP contribution in [0.4, 0.5) is 18.9 Å². The van der Waals surface area contributed by atoms with Crippen LogP contribution in [-0.2, 0) is 20.9 Å². The fourth-order valence-corrected chi connectivity index (χ4v) is 3.76. The van der Waals surface area contributed by atoms with E-state index in [1.165, 1.54) is 12.1 Å². The number of hydrogen-bond acceptors (Lipinski definition) is 4. The molecule has 1 aliphatic rings. The van der Waals surface area contributed by atoms with Gasteiger partial charge in [-0.2, -0.15) is 13.2 Å². The number of alkyl halides is 3. The van der Waals surface area contributed by atoms with E-state index < -0.39 is 26.7 Å². The van der Waals surface area contributed by atoms with Crippen molar-refractivity contribution < 1.29 is 31.1 Å². The maximum absolute atomic E-state index is 12.8. The molecule has 0 amide bonds. The summed E-state index contributed by atoms with van der Waals surface area (Å²) in [5.74, 6) is 0.440. The van der Waals surface area contributed by atoms with Crippen molar-refractivity contribution in [3.8, 4) is 5.75 Å². The van der Waals surface area contributed by atoms with Crippen LogP contribution >= 0.6 is 0 Å². The average molecular weight is 401 g/mol. The van der Waals surface area contributed by atoms with Gasteiger partial charge < -0.3 is 9.47 Å². The number of anilines is 1. The quantitative estimate of drug-likeness (QED) is 0.793. The molecule has 1 aliphatic heterocycles. The van der Waals surface area contributed by atoms with Gasteiger partial charge in [-0.25, -0.2) is 8.42 Å². The summed E-state index contributed by atoms with van der Waals surface area (Å²) in [6.45, 7) is 1.05. The van der Waals surface area contributed by atoms with Crippen molar-refractivity contribution in [1.29, 1.82) is 0 Å². The van der Waals surface area contributed by atoms with Gasteiger partial charge in [0.1, 0.15) is 12.4 Å².